The fourth-order valence-electron chi connectivity index (χ4n) is 10.3. The number of hydrogen-bond acceptors (Lipinski definition) is 8. The monoisotopic (exact) mass is 786 g/mol. The van der Waals surface area contributed by atoms with Gasteiger partial charge in [0.2, 0.25) is 5.91 Å². The number of ether oxygens (including phenoxy) is 2. The SMILES string of the molecule is CCCc1cc(C)ccc1C1COc2ccc3cc2N(C1)CC1CCC1C(CN1CCC(CN(C)C(C)=O)(C2CC2)CC1)(OC)/C=C/CC(O)C(C)SNC3=O. The predicted molar refractivity (Wildman–Crippen MR) is 226 cm³/mol. The van der Waals surface area contributed by atoms with Gasteiger partial charge in [-0.1, -0.05) is 49.3 Å². The molecule has 10 heteroatoms. The molecule has 3 aliphatic heterocycles. The van der Waals surface area contributed by atoms with Crippen LogP contribution in [-0.2, 0) is 16.0 Å². The molecular formula is C46H66N4O5S. The number of likely N-dealkylation sites (tertiary alicyclic amines) is 1. The lowest BCUT2D eigenvalue weighted by molar-refractivity contribution is -0.130. The lowest BCUT2D eigenvalue weighted by Gasteiger charge is -2.52. The summed E-state index contributed by atoms with van der Waals surface area (Å²) in [4.78, 5) is 32.9. The average Bonchev–Trinajstić information content (AvgIpc) is 4.04. The van der Waals surface area contributed by atoms with Crippen molar-refractivity contribution in [2.75, 3.05) is 64.9 Å². The van der Waals surface area contributed by atoms with Gasteiger partial charge in [-0.05, 0) is 143 Å². The van der Waals surface area contributed by atoms with Crippen molar-refractivity contribution in [2.24, 2.45) is 23.2 Å². The van der Waals surface area contributed by atoms with Gasteiger partial charge >= 0.3 is 0 Å². The number of fused-ring (bicyclic) bond motifs is 2. The second-order valence-corrected chi connectivity index (χ2v) is 19.1. The second kappa shape index (κ2) is 17.4. The maximum atomic E-state index is 13.5. The van der Waals surface area contributed by atoms with E-state index in [1.165, 1.54) is 41.5 Å². The zero-order valence-corrected chi connectivity index (χ0v) is 35.5. The van der Waals surface area contributed by atoms with Gasteiger partial charge in [-0.25, -0.2) is 0 Å². The number of benzene rings is 2. The van der Waals surface area contributed by atoms with Gasteiger partial charge < -0.3 is 29.3 Å². The van der Waals surface area contributed by atoms with Crippen LogP contribution in [0.25, 0.3) is 0 Å². The number of aryl methyl sites for hydroxylation is 2. The van der Waals surface area contributed by atoms with E-state index in [1.54, 1.807) is 6.92 Å². The van der Waals surface area contributed by atoms with E-state index >= 15 is 0 Å². The summed E-state index contributed by atoms with van der Waals surface area (Å²) in [6, 6.07) is 12.8. The Morgan fingerprint density at radius 1 is 1.11 bits per heavy atom. The summed E-state index contributed by atoms with van der Waals surface area (Å²) >= 11 is 1.28. The summed E-state index contributed by atoms with van der Waals surface area (Å²) in [7, 11) is 3.84. The van der Waals surface area contributed by atoms with E-state index in [9.17, 15) is 14.7 Å². The van der Waals surface area contributed by atoms with Gasteiger partial charge in [0.1, 0.15) is 11.4 Å². The molecule has 3 heterocycles. The van der Waals surface area contributed by atoms with Crippen LogP contribution in [0.3, 0.4) is 0 Å². The Labute approximate surface area is 340 Å². The molecular weight excluding hydrogens is 721 g/mol. The van der Waals surface area contributed by atoms with Gasteiger partial charge in [0.05, 0.1) is 18.4 Å². The Hall–Kier alpha value is -3.05. The normalized spacial score (nSPS) is 30.2. The zero-order valence-electron chi connectivity index (χ0n) is 34.7. The highest BCUT2D eigenvalue weighted by Crippen LogP contribution is 2.53. The number of piperidine rings is 1. The molecule has 0 aromatic heterocycles. The van der Waals surface area contributed by atoms with Crippen LogP contribution in [0.1, 0.15) is 105 Å². The summed E-state index contributed by atoms with van der Waals surface area (Å²) in [6.07, 6.45) is 13.3. The first kappa shape index (κ1) is 41.1. The summed E-state index contributed by atoms with van der Waals surface area (Å²) in [5, 5.41) is 11.0. The molecule has 306 valence electrons. The van der Waals surface area contributed by atoms with Crippen molar-refractivity contribution >= 4 is 29.4 Å². The minimum Gasteiger partial charge on any atom is -0.491 e. The van der Waals surface area contributed by atoms with Crippen molar-refractivity contribution < 1.29 is 24.2 Å². The van der Waals surface area contributed by atoms with Gasteiger partial charge in [0.15, 0.2) is 0 Å². The van der Waals surface area contributed by atoms with Crippen LogP contribution in [0, 0.1) is 30.1 Å². The highest BCUT2D eigenvalue weighted by molar-refractivity contribution is 7.98. The number of anilines is 1. The molecule has 5 aliphatic rings. The van der Waals surface area contributed by atoms with Crippen molar-refractivity contribution in [3.8, 4) is 5.75 Å². The van der Waals surface area contributed by atoms with E-state index < -0.39 is 11.7 Å². The average molecular weight is 787 g/mol. The summed E-state index contributed by atoms with van der Waals surface area (Å²) < 4.78 is 16.4. The third kappa shape index (κ3) is 8.84. The highest BCUT2D eigenvalue weighted by atomic mass is 32.2. The molecule has 0 radical (unpaired) electrons. The first-order chi connectivity index (χ1) is 26.9. The first-order valence-corrected chi connectivity index (χ1v) is 22.2. The molecule has 2 bridgehead atoms. The fraction of sp³-hybridized carbons (Fsp3) is 0.652. The smallest absolute Gasteiger partial charge is 0.261 e. The number of carbonyl (C=O) groups excluding carboxylic acids is 2. The van der Waals surface area contributed by atoms with E-state index in [-0.39, 0.29) is 34.3 Å². The summed E-state index contributed by atoms with van der Waals surface area (Å²) in [5.74, 6) is 2.35. The molecule has 6 atom stereocenters. The Kier molecular flexibility index (Phi) is 12.8. The highest BCUT2D eigenvalue weighted by Gasteiger charge is 2.51. The molecule has 2 saturated carbocycles. The van der Waals surface area contributed by atoms with Crippen LogP contribution >= 0.6 is 11.9 Å². The number of nitrogens with zero attached hydrogens (tertiary/aromatic N) is 3. The van der Waals surface area contributed by atoms with E-state index in [0.29, 0.717) is 24.5 Å². The molecule has 9 nitrogen and oxygen atoms in total. The molecule has 6 unspecified atom stereocenters. The molecule has 2 aromatic carbocycles. The minimum absolute atomic E-state index is 0.150. The number of aliphatic hydroxyl groups is 1. The van der Waals surface area contributed by atoms with Crippen molar-refractivity contribution in [2.45, 2.75) is 108 Å². The molecule has 2 N–H and O–H groups in total. The lowest BCUT2D eigenvalue weighted by atomic mass is 9.63. The molecule has 0 spiro atoms. The van der Waals surface area contributed by atoms with Crippen LogP contribution in [0.15, 0.2) is 48.6 Å². The number of rotatable bonds is 9. The molecule has 2 aliphatic carbocycles. The standard InChI is InChI=1S/C46H66N4O5S/c1-7-9-34-24-31(2)11-16-39(34)37-27-50-26-36-12-17-40(36)46(54-6,30-49-22-20-45(21-23-49,38-14-15-38)29-48(5)33(4)51)19-8-10-42(52)32(3)56-47-44(53)35-13-18-43(55-28-37)41(50)25-35/h8,11,13,16,18-19,24-25,32,36-38,40,42,52H,7,9-10,12,14-15,17,20-23,26-30H2,1-6H3,(H,47,53)/b19-8+. The van der Waals surface area contributed by atoms with Crippen LogP contribution in [0.4, 0.5) is 5.69 Å². The first-order valence-electron chi connectivity index (χ1n) is 21.4. The largest absolute Gasteiger partial charge is 0.491 e. The number of methoxy groups -OCH3 is 1. The van der Waals surface area contributed by atoms with Gasteiger partial charge in [-0.15, -0.1) is 0 Å². The number of amides is 2. The molecule has 56 heavy (non-hydrogen) atoms. The lowest BCUT2D eigenvalue weighted by Crippen LogP contribution is -2.58. The fourth-order valence-corrected chi connectivity index (χ4v) is 10.9. The Morgan fingerprint density at radius 3 is 2.57 bits per heavy atom. The van der Waals surface area contributed by atoms with E-state index in [1.807, 2.05) is 44.2 Å². The van der Waals surface area contributed by atoms with Gasteiger partial charge in [-0.3, -0.25) is 14.3 Å². The summed E-state index contributed by atoms with van der Waals surface area (Å²) in [6.45, 7) is 13.9. The maximum absolute atomic E-state index is 13.5. The van der Waals surface area contributed by atoms with E-state index in [2.05, 4.69) is 58.7 Å². The van der Waals surface area contributed by atoms with Gasteiger partial charge in [0, 0.05) is 64.0 Å². The van der Waals surface area contributed by atoms with Crippen LogP contribution in [0.2, 0.25) is 0 Å². The van der Waals surface area contributed by atoms with Gasteiger partial charge in [-0.2, -0.15) is 0 Å². The third-order valence-electron chi connectivity index (χ3n) is 14.1. The molecule has 2 aromatic rings. The Morgan fingerprint density at radius 2 is 1.89 bits per heavy atom. The number of aliphatic hydroxyl groups excluding tert-OH is 1. The zero-order chi connectivity index (χ0) is 39.6. The van der Waals surface area contributed by atoms with Gasteiger partial charge in [0.25, 0.3) is 5.91 Å². The second-order valence-electron chi connectivity index (χ2n) is 17.9. The van der Waals surface area contributed by atoms with Crippen molar-refractivity contribution in [3.05, 3.63) is 70.8 Å². The molecule has 3 fully saturated rings. The van der Waals surface area contributed by atoms with Crippen LogP contribution < -0.4 is 14.4 Å². The number of carbonyl (C=O) groups is 2. The molecule has 2 amide bonds. The Bertz CT molecular complexity index is 1740. The third-order valence-corrected chi connectivity index (χ3v) is 15.1. The number of nitrogens with one attached hydrogen (secondary N) is 1. The maximum Gasteiger partial charge on any atom is 0.261 e. The van der Waals surface area contributed by atoms with E-state index in [0.717, 1.165) is 95.1 Å². The van der Waals surface area contributed by atoms with E-state index in [4.69, 9.17) is 9.47 Å². The van der Waals surface area contributed by atoms with Crippen LogP contribution in [-0.4, -0.2) is 104 Å². The van der Waals surface area contributed by atoms with Crippen molar-refractivity contribution in [1.29, 1.82) is 0 Å². The quantitative estimate of drug-likeness (QED) is 0.201. The Balaban J connectivity index is 1.20. The molecule has 1 saturated heterocycles. The van der Waals surface area contributed by atoms with Crippen molar-refractivity contribution in [1.82, 2.24) is 14.5 Å². The topological polar surface area (TPSA) is 94.6 Å². The summed E-state index contributed by atoms with van der Waals surface area (Å²) in [5.41, 5.74) is 5.30. The number of hydrogen-bond donors (Lipinski definition) is 2. The minimum atomic E-state index is -0.629. The van der Waals surface area contributed by atoms with Crippen molar-refractivity contribution in [3.63, 3.8) is 0 Å². The van der Waals surface area contributed by atoms with Crippen LogP contribution in [0.5, 0.6) is 5.75 Å². The molecule has 7 rings (SSSR count). The predicted octanol–water partition coefficient (Wildman–Crippen LogP) is 7.40.